The van der Waals surface area contributed by atoms with Crippen molar-refractivity contribution in [2.45, 2.75) is 13.8 Å². The first kappa shape index (κ1) is 26.8. The third-order valence-electron chi connectivity index (χ3n) is 5.91. The minimum atomic E-state index is -0.936. The molecule has 0 bridgehead atoms. The molecule has 6 aromatic rings. The zero-order valence-corrected chi connectivity index (χ0v) is 21.4. The Morgan fingerprint density at radius 2 is 0.974 bits per heavy atom. The zero-order chi connectivity index (χ0) is 27.9. The standard InChI is InChI=1S/2C11H9NO2.C10H8O/c2*1-7-5-6-8-3-2-4-9(11(13)14)10(8)12-7;11-10-6-5-8-3-1-2-4-9(8)7-10/h2*2-6H,1H3,(H,13,14);1-7,11H. The Morgan fingerprint density at radius 1 is 0.538 bits per heavy atom. The minimum absolute atomic E-state index is 0.256. The first-order valence-corrected chi connectivity index (χ1v) is 12.1. The summed E-state index contributed by atoms with van der Waals surface area (Å²) in [6.45, 7) is 3.69. The Morgan fingerprint density at radius 3 is 1.46 bits per heavy atom. The zero-order valence-electron chi connectivity index (χ0n) is 21.4. The van der Waals surface area contributed by atoms with E-state index < -0.39 is 11.9 Å². The molecule has 39 heavy (non-hydrogen) atoms. The lowest BCUT2D eigenvalue weighted by atomic mass is 10.1. The van der Waals surface area contributed by atoms with Crippen molar-refractivity contribution in [3.8, 4) is 5.75 Å². The van der Waals surface area contributed by atoms with E-state index in [1.165, 1.54) is 0 Å². The van der Waals surface area contributed by atoms with E-state index in [0.29, 0.717) is 16.8 Å². The fourth-order valence-electron chi connectivity index (χ4n) is 4.01. The van der Waals surface area contributed by atoms with Gasteiger partial charge in [-0.15, -0.1) is 0 Å². The molecule has 7 heteroatoms. The number of hydrogen-bond acceptors (Lipinski definition) is 5. The number of carboxylic acid groups (broad SMARTS) is 2. The van der Waals surface area contributed by atoms with Crippen LogP contribution in [0.15, 0.2) is 103 Å². The van der Waals surface area contributed by atoms with Crippen LogP contribution >= 0.6 is 0 Å². The lowest BCUT2D eigenvalue weighted by Gasteiger charge is -2.01. The number of carbonyl (C=O) groups is 2. The summed E-state index contributed by atoms with van der Waals surface area (Å²) in [5.41, 5.74) is 3.27. The van der Waals surface area contributed by atoms with Crippen molar-refractivity contribution < 1.29 is 24.9 Å². The molecule has 194 valence electrons. The number of aromatic hydroxyl groups is 1. The summed E-state index contributed by atoms with van der Waals surface area (Å²) in [4.78, 5) is 30.2. The molecular formula is C32H26N2O5. The van der Waals surface area contributed by atoms with Crippen LogP contribution in [0.1, 0.15) is 32.1 Å². The number of fused-ring (bicyclic) bond motifs is 3. The summed E-state index contributed by atoms with van der Waals surface area (Å²) in [7, 11) is 0. The topological polar surface area (TPSA) is 121 Å². The molecule has 4 aromatic carbocycles. The van der Waals surface area contributed by atoms with Crippen LogP contribution < -0.4 is 0 Å². The normalized spacial score (nSPS) is 10.3. The van der Waals surface area contributed by atoms with E-state index in [-0.39, 0.29) is 11.1 Å². The van der Waals surface area contributed by atoms with E-state index in [0.717, 1.165) is 32.9 Å². The highest BCUT2D eigenvalue weighted by molar-refractivity contribution is 6.02. The highest BCUT2D eigenvalue weighted by Gasteiger charge is 2.09. The van der Waals surface area contributed by atoms with Gasteiger partial charge in [-0.25, -0.2) is 9.59 Å². The molecule has 0 amide bonds. The van der Waals surface area contributed by atoms with Gasteiger partial charge in [-0.2, -0.15) is 0 Å². The molecule has 0 spiro atoms. The highest BCUT2D eigenvalue weighted by atomic mass is 16.4. The van der Waals surface area contributed by atoms with Gasteiger partial charge in [0.05, 0.1) is 22.2 Å². The summed E-state index contributed by atoms with van der Waals surface area (Å²) >= 11 is 0. The van der Waals surface area contributed by atoms with Crippen LogP contribution in [0.4, 0.5) is 0 Å². The SMILES string of the molecule is Cc1ccc2cccc(C(=O)O)c2n1.Cc1ccc2cccc(C(=O)O)c2n1.Oc1ccc2ccccc2c1. The van der Waals surface area contributed by atoms with Gasteiger partial charge in [-0.1, -0.05) is 66.7 Å². The Bertz CT molecular complexity index is 1720. The smallest absolute Gasteiger partial charge is 0.337 e. The molecule has 0 aliphatic carbocycles. The van der Waals surface area contributed by atoms with Gasteiger partial charge in [0, 0.05) is 22.2 Å². The number of benzene rings is 4. The number of rotatable bonds is 2. The molecule has 0 unspecified atom stereocenters. The van der Waals surface area contributed by atoms with Gasteiger partial charge in [0.2, 0.25) is 0 Å². The highest BCUT2D eigenvalue weighted by Crippen LogP contribution is 2.19. The van der Waals surface area contributed by atoms with Crippen molar-refractivity contribution >= 4 is 44.5 Å². The maximum atomic E-state index is 10.9. The lowest BCUT2D eigenvalue weighted by molar-refractivity contribution is 0.0688. The Hall–Kier alpha value is -5.30. The maximum absolute atomic E-state index is 10.9. The number of aromatic nitrogens is 2. The molecule has 6 rings (SSSR count). The largest absolute Gasteiger partial charge is 0.508 e. The molecule has 0 saturated heterocycles. The molecule has 0 aliphatic heterocycles. The monoisotopic (exact) mass is 518 g/mol. The fourth-order valence-corrected chi connectivity index (χ4v) is 4.01. The number of carboxylic acids is 2. The first-order chi connectivity index (χ1) is 18.7. The van der Waals surface area contributed by atoms with Crippen molar-refractivity contribution in [3.05, 3.63) is 126 Å². The van der Waals surface area contributed by atoms with Crippen LogP contribution in [-0.4, -0.2) is 37.2 Å². The van der Waals surface area contributed by atoms with Crippen LogP contribution in [0, 0.1) is 13.8 Å². The van der Waals surface area contributed by atoms with Gasteiger partial charge in [-0.05, 0) is 61.0 Å². The average Bonchev–Trinajstić information content (AvgIpc) is 2.92. The third kappa shape index (κ3) is 6.53. The summed E-state index contributed by atoms with van der Waals surface area (Å²) in [5, 5.41) is 30.9. The van der Waals surface area contributed by atoms with Crippen molar-refractivity contribution in [1.29, 1.82) is 0 Å². The number of pyridine rings is 2. The van der Waals surface area contributed by atoms with Crippen LogP contribution in [0.2, 0.25) is 0 Å². The number of para-hydroxylation sites is 2. The first-order valence-electron chi connectivity index (χ1n) is 12.1. The Kier molecular flexibility index (Phi) is 8.12. The van der Waals surface area contributed by atoms with E-state index in [9.17, 15) is 9.59 Å². The number of aromatic carboxylic acids is 2. The van der Waals surface area contributed by atoms with Crippen molar-refractivity contribution in [3.63, 3.8) is 0 Å². The summed E-state index contributed by atoms with van der Waals surface area (Å²) in [6, 6.07) is 31.1. The molecule has 0 fully saturated rings. The van der Waals surface area contributed by atoms with E-state index in [1.807, 2.05) is 80.6 Å². The number of phenols is 1. The molecule has 0 radical (unpaired) electrons. The van der Waals surface area contributed by atoms with Gasteiger partial charge in [-0.3, -0.25) is 9.97 Å². The maximum Gasteiger partial charge on any atom is 0.337 e. The van der Waals surface area contributed by atoms with Gasteiger partial charge >= 0.3 is 11.9 Å². The Balaban J connectivity index is 0.000000137. The van der Waals surface area contributed by atoms with E-state index in [2.05, 4.69) is 9.97 Å². The molecule has 2 aromatic heterocycles. The van der Waals surface area contributed by atoms with Gasteiger partial charge in [0.1, 0.15) is 5.75 Å². The molecule has 0 atom stereocenters. The van der Waals surface area contributed by atoms with Gasteiger partial charge < -0.3 is 15.3 Å². The molecule has 3 N–H and O–H groups in total. The van der Waals surface area contributed by atoms with Gasteiger partial charge in [0.25, 0.3) is 0 Å². The average molecular weight is 519 g/mol. The van der Waals surface area contributed by atoms with E-state index in [4.69, 9.17) is 15.3 Å². The van der Waals surface area contributed by atoms with Crippen molar-refractivity contribution in [2.75, 3.05) is 0 Å². The third-order valence-corrected chi connectivity index (χ3v) is 5.91. The number of nitrogens with zero attached hydrogens (tertiary/aromatic N) is 2. The number of aryl methyl sites for hydroxylation is 2. The molecular weight excluding hydrogens is 492 g/mol. The fraction of sp³-hybridized carbons (Fsp3) is 0.0625. The number of hydrogen-bond donors (Lipinski definition) is 3. The molecule has 7 nitrogen and oxygen atoms in total. The molecule has 0 saturated carbocycles. The van der Waals surface area contributed by atoms with Crippen LogP contribution in [0.5, 0.6) is 5.75 Å². The Labute approximate surface area is 224 Å². The molecule has 2 heterocycles. The summed E-state index contributed by atoms with van der Waals surface area (Å²) in [5.74, 6) is -1.55. The lowest BCUT2D eigenvalue weighted by Crippen LogP contribution is -1.99. The van der Waals surface area contributed by atoms with E-state index in [1.54, 1.807) is 36.4 Å². The second-order valence-corrected chi connectivity index (χ2v) is 8.80. The second-order valence-electron chi connectivity index (χ2n) is 8.80. The predicted molar refractivity (Wildman–Crippen MR) is 152 cm³/mol. The minimum Gasteiger partial charge on any atom is -0.508 e. The van der Waals surface area contributed by atoms with Crippen LogP contribution in [-0.2, 0) is 0 Å². The predicted octanol–water partition coefficient (Wildman–Crippen LogP) is 7.03. The van der Waals surface area contributed by atoms with Crippen LogP contribution in [0.25, 0.3) is 32.6 Å². The summed E-state index contributed by atoms with van der Waals surface area (Å²) < 4.78 is 0. The molecule has 0 aliphatic rings. The van der Waals surface area contributed by atoms with Crippen molar-refractivity contribution in [2.24, 2.45) is 0 Å². The second kappa shape index (κ2) is 11.8. The summed E-state index contributed by atoms with van der Waals surface area (Å²) in [6.07, 6.45) is 0. The van der Waals surface area contributed by atoms with Gasteiger partial charge in [0.15, 0.2) is 0 Å². The van der Waals surface area contributed by atoms with Crippen LogP contribution in [0.3, 0.4) is 0 Å². The van der Waals surface area contributed by atoms with Crippen molar-refractivity contribution in [1.82, 2.24) is 9.97 Å². The van der Waals surface area contributed by atoms with E-state index >= 15 is 0 Å². The number of phenolic OH excluding ortho intramolecular Hbond substituents is 1. The quantitative estimate of drug-likeness (QED) is 0.225.